The zero-order chi connectivity index (χ0) is 55.2. The van der Waals surface area contributed by atoms with Gasteiger partial charge in [-0.1, -0.05) is 78.9 Å². The number of nitrogens with two attached hydrogens (primary N) is 1. The molecule has 4 heterocycles. The number of hydrogen-bond acceptors (Lipinski definition) is 10. The van der Waals surface area contributed by atoms with Crippen molar-refractivity contribution in [2.45, 2.75) is 213 Å². The van der Waals surface area contributed by atoms with Crippen molar-refractivity contribution in [1.29, 1.82) is 0 Å². The predicted octanol–water partition coefficient (Wildman–Crippen LogP) is 6.77. The first-order valence-electron chi connectivity index (χ1n) is 29.7. The molecule has 0 bridgehead atoms. The van der Waals surface area contributed by atoms with E-state index in [1.165, 1.54) is 71.4 Å². The van der Waals surface area contributed by atoms with Gasteiger partial charge in [0.25, 0.3) is 5.91 Å². The van der Waals surface area contributed by atoms with E-state index in [1.54, 1.807) is 18.3 Å². The van der Waals surface area contributed by atoms with Crippen molar-refractivity contribution in [3.05, 3.63) is 41.7 Å². The van der Waals surface area contributed by atoms with E-state index in [0.717, 1.165) is 42.9 Å². The maximum atomic E-state index is 14.3. The number of fused-ring (bicyclic) bond motifs is 5. The lowest BCUT2D eigenvalue weighted by molar-refractivity contribution is -0.152. The van der Waals surface area contributed by atoms with Gasteiger partial charge in [0.05, 0.1) is 5.56 Å². The normalized spacial score (nSPS) is 30.8. The van der Waals surface area contributed by atoms with E-state index < -0.39 is 65.7 Å². The highest BCUT2D eigenvalue weighted by molar-refractivity contribution is 6.00. The first-order valence-corrected chi connectivity index (χ1v) is 29.7. The lowest BCUT2D eigenvalue weighted by atomic mass is 9.47. The second-order valence-electron chi connectivity index (χ2n) is 25.1. The average molecular weight is 1070 g/mol. The van der Waals surface area contributed by atoms with Crippen LogP contribution in [-0.4, -0.2) is 129 Å². The summed E-state index contributed by atoms with van der Waals surface area (Å²) in [4.78, 5) is 118. The quantitative estimate of drug-likeness (QED) is 0.0746. The summed E-state index contributed by atoms with van der Waals surface area (Å²) in [6.07, 6.45) is 21.3. The summed E-state index contributed by atoms with van der Waals surface area (Å²) in [6, 6.07) is -1.58. The zero-order valence-electron chi connectivity index (χ0n) is 47.0. The number of carbonyl (C=O) groups is 8. The van der Waals surface area contributed by atoms with Gasteiger partial charge in [-0.25, -0.2) is 0 Å². The topological polar surface area (TPSA) is 231 Å². The summed E-state index contributed by atoms with van der Waals surface area (Å²) in [7, 11) is 0. The van der Waals surface area contributed by atoms with Crippen LogP contribution in [0.15, 0.2) is 36.2 Å². The van der Waals surface area contributed by atoms with Crippen LogP contribution in [0.4, 0.5) is 0 Å². The van der Waals surface area contributed by atoms with E-state index >= 15 is 0 Å². The smallest absolute Gasteiger partial charge is 0.325 e. The first kappa shape index (κ1) is 57.8. The van der Waals surface area contributed by atoms with Gasteiger partial charge in [-0.3, -0.25) is 43.3 Å². The van der Waals surface area contributed by atoms with Crippen LogP contribution in [0.2, 0.25) is 0 Å². The Hall–Kier alpha value is -5.35. The van der Waals surface area contributed by atoms with Crippen molar-refractivity contribution in [3.63, 3.8) is 0 Å². The van der Waals surface area contributed by atoms with Crippen molar-refractivity contribution in [1.82, 2.24) is 35.6 Å². The zero-order valence-corrected chi connectivity index (χ0v) is 47.0. The highest BCUT2D eigenvalue weighted by Crippen LogP contribution is 2.67. The average Bonchev–Trinajstić information content (AvgIpc) is 4.39. The minimum atomic E-state index is -1.27. The minimum absolute atomic E-state index is 0.108. The van der Waals surface area contributed by atoms with Crippen molar-refractivity contribution >= 4 is 47.3 Å². The maximum absolute atomic E-state index is 14.3. The lowest BCUT2D eigenvalue weighted by Gasteiger charge is -2.58. The number of likely N-dealkylation sites (tertiary alicyclic amines) is 3. The van der Waals surface area contributed by atoms with E-state index in [2.05, 4.69) is 61.6 Å². The summed E-state index contributed by atoms with van der Waals surface area (Å²) in [5.41, 5.74) is 7.83. The number of nitrogens with one attached hydrogen (secondary N) is 3. The number of rotatable bonds is 21. The Labute approximate surface area is 457 Å². The Balaban J connectivity index is 0.827. The molecule has 0 spiro atoms. The van der Waals surface area contributed by atoms with E-state index in [1.807, 2.05) is 6.92 Å². The van der Waals surface area contributed by atoms with Gasteiger partial charge >= 0.3 is 5.97 Å². The number of esters is 1. The molecule has 7 amide bonds. The van der Waals surface area contributed by atoms with E-state index in [9.17, 15) is 38.4 Å². The number of amides is 7. The monoisotopic (exact) mass is 1070 g/mol. The lowest BCUT2D eigenvalue weighted by Crippen LogP contribution is -2.58. The summed E-state index contributed by atoms with van der Waals surface area (Å²) in [5.74, 6) is 0.377. The third kappa shape index (κ3) is 12.7. The third-order valence-corrected chi connectivity index (χ3v) is 19.9. The van der Waals surface area contributed by atoms with Crippen molar-refractivity contribution in [2.24, 2.45) is 52.1 Å². The number of primary amides is 1. The SMILES string of the molecule is CCC[C@H](NC(=O)[C@H](CCC(N)=O)NC(=O)[C@@H]1CCCN1C(=O)[C@@H]1CCCN1C(=O)c1cccnc1)C(=O)N1CCC[C@H]1C(=O)NCC(=O)O[C@H]1CC[C@@]2(C)C(=CC[C@H]3[C@@H]4CC[C@H]([C@H](C)CCCC(C)C)[C@@]4(C)CC[C@@H]32)C1. The highest BCUT2D eigenvalue weighted by Gasteiger charge is 2.59. The third-order valence-electron chi connectivity index (χ3n) is 19.9. The van der Waals surface area contributed by atoms with Crippen LogP contribution in [0, 0.1) is 46.3 Å². The number of carbonyl (C=O) groups excluding carboxylic acids is 8. The van der Waals surface area contributed by atoms with E-state index in [4.69, 9.17) is 10.5 Å². The van der Waals surface area contributed by atoms with Gasteiger partial charge in [-0.2, -0.15) is 0 Å². The minimum Gasteiger partial charge on any atom is -0.461 e. The summed E-state index contributed by atoms with van der Waals surface area (Å²) in [5, 5.41) is 8.32. The van der Waals surface area contributed by atoms with E-state index in [0.29, 0.717) is 80.7 Å². The van der Waals surface area contributed by atoms with Crippen LogP contribution >= 0.6 is 0 Å². The van der Waals surface area contributed by atoms with Gasteiger partial charge in [0.15, 0.2) is 0 Å². The molecular weight excluding hydrogens is 977 g/mol. The van der Waals surface area contributed by atoms with Crippen molar-refractivity contribution in [2.75, 3.05) is 26.2 Å². The van der Waals surface area contributed by atoms with Crippen LogP contribution in [-0.2, 0) is 38.3 Å². The Bertz CT molecular complexity index is 2360. The second kappa shape index (κ2) is 25.2. The van der Waals surface area contributed by atoms with Crippen LogP contribution in [0.5, 0.6) is 0 Å². The molecule has 4 aliphatic carbocycles. The number of allylic oxidation sites excluding steroid dienone is 1. The summed E-state index contributed by atoms with van der Waals surface area (Å²) >= 11 is 0. The molecule has 6 fully saturated rings. The molecule has 0 radical (unpaired) electrons. The Morgan fingerprint density at radius 3 is 2.19 bits per heavy atom. The van der Waals surface area contributed by atoms with Crippen molar-refractivity contribution < 1.29 is 43.1 Å². The van der Waals surface area contributed by atoms with E-state index in [-0.39, 0.29) is 62.2 Å². The fourth-order valence-corrected chi connectivity index (χ4v) is 15.8. The Morgan fingerprint density at radius 2 is 1.49 bits per heavy atom. The van der Waals surface area contributed by atoms with Gasteiger partial charge in [0.1, 0.15) is 42.9 Å². The highest BCUT2D eigenvalue weighted by atomic mass is 16.5. The largest absolute Gasteiger partial charge is 0.461 e. The molecule has 1 aromatic rings. The molecule has 1 aromatic heterocycles. The van der Waals surface area contributed by atoms with Gasteiger partial charge in [0.2, 0.25) is 35.4 Å². The van der Waals surface area contributed by atoms with Crippen molar-refractivity contribution in [3.8, 4) is 0 Å². The fraction of sp³-hybridized carbons (Fsp3) is 0.750. The molecule has 5 N–H and O–H groups in total. The predicted molar refractivity (Wildman–Crippen MR) is 291 cm³/mol. The number of nitrogens with zero attached hydrogens (tertiary/aromatic N) is 4. The Morgan fingerprint density at radius 1 is 0.779 bits per heavy atom. The number of pyridine rings is 1. The van der Waals surface area contributed by atoms with Crippen LogP contribution in [0.25, 0.3) is 0 Å². The number of ether oxygens (including phenoxy) is 1. The van der Waals surface area contributed by atoms with Crippen LogP contribution in [0.1, 0.15) is 187 Å². The molecule has 0 aromatic carbocycles. The molecule has 17 nitrogen and oxygen atoms in total. The molecule has 3 saturated heterocycles. The fourth-order valence-electron chi connectivity index (χ4n) is 15.8. The van der Waals surface area contributed by atoms with Gasteiger partial charge in [-0.15, -0.1) is 0 Å². The van der Waals surface area contributed by atoms with Crippen LogP contribution in [0.3, 0.4) is 0 Å². The first-order chi connectivity index (χ1) is 36.8. The molecule has 8 rings (SSSR count). The maximum Gasteiger partial charge on any atom is 0.325 e. The molecule has 17 heteroatoms. The van der Waals surface area contributed by atoms with Crippen LogP contribution < -0.4 is 21.7 Å². The molecular formula is C60H90N8O9. The molecule has 13 atom stereocenters. The molecule has 0 unspecified atom stereocenters. The summed E-state index contributed by atoms with van der Waals surface area (Å²) in [6.45, 7) is 14.8. The van der Waals surface area contributed by atoms with Gasteiger partial charge < -0.3 is 41.1 Å². The molecule has 3 saturated carbocycles. The Kier molecular flexibility index (Phi) is 18.9. The molecule has 3 aliphatic heterocycles. The van der Waals surface area contributed by atoms with Gasteiger partial charge in [-0.05, 0) is 155 Å². The molecule has 7 aliphatic rings. The van der Waals surface area contributed by atoms with Gasteiger partial charge in [0, 0.05) is 44.9 Å². The second-order valence-corrected chi connectivity index (χ2v) is 25.1. The molecule has 77 heavy (non-hydrogen) atoms. The molecule has 424 valence electrons. The summed E-state index contributed by atoms with van der Waals surface area (Å²) < 4.78 is 6.06. The standard InChI is InChI=1S/C60H90N8O9/c1-7-13-47(65-53(71)46(24-25-51(61)69)64-55(73)49-18-11-32-67(49)58(76)50-19-12-33-68(50)56(74)39-16-9-30-62-35-39)57(75)66-31-10-17-48(66)54(72)63-36-52(70)77-41-26-28-59(5)40(34-41)20-21-42-44-23-22-43(38(4)15-8-14-37(2)3)60(44,6)29-27-45(42)59/h9,16,20,30,35,37-38,41-50H,7-8,10-15,17-19,21-29,31-34,36H2,1-6H3,(H2,61,69)(H,63,72)(H,64,73)(H,65,71)/t38-,41+,42+,43-,44+,45+,46+,47+,48+,49+,50+,59+,60-/m1/s1. The number of hydrogen-bond donors (Lipinski definition) is 4. The number of aromatic nitrogens is 1.